The maximum absolute atomic E-state index is 13.4. The van der Waals surface area contributed by atoms with Gasteiger partial charge in [0.05, 0.1) is 6.54 Å². The molecule has 4 nitrogen and oxygen atoms in total. The van der Waals surface area contributed by atoms with Crippen LogP contribution in [0.4, 0.5) is 0 Å². The van der Waals surface area contributed by atoms with Crippen molar-refractivity contribution >= 4 is 23.2 Å². The highest BCUT2D eigenvalue weighted by atomic mass is 32.1. The topological polar surface area (TPSA) is 40.6 Å². The number of hydrogen-bond donors (Lipinski definition) is 0. The summed E-state index contributed by atoms with van der Waals surface area (Å²) in [4.78, 5) is 31.3. The number of carbonyl (C=O) groups is 2. The molecule has 1 heterocycles. The number of benzene rings is 1. The number of hydrogen-bond acceptors (Lipinski definition) is 3. The van der Waals surface area contributed by atoms with E-state index >= 15 is 0 Å². The van der Waals surface area contributed by atoms with E-state index in [9.17, 15) is 9.59 Å². The summed E-state index contributed by atoms with van der Waals surface area (Å²) in [5, 5.41) is 2.07. The zero-order valence-electron chi connectivity index (χ0n) is 17.8. The van der Waals surface area contributed by atoms with E-state index in [1.165, 1.54) is 10.4 Å². The fraction of sp³-hybridized carbons (Fsp3) is 0.500. The molecule has 1 aromatic carbocycles. The number of carbonyl (C=O) groups excluding carboxylic acids is 2. The van der Waals surface area contributed by atoms with Crippen LogP contribution < -0.4 is 0 Å². The fourth-order valence-corrected chi connectivity index (χ4v) is 4.86. The van der Waals surface area contributed by atoms with Gasteiger partial charge in [-0.1, -0.05) is 43.2 Å². The Morgan fingerprint density at radius 1 is 1.07 bits per heavy atom. The average Bonchev–Trinajstić information content (AvgIpc) is 3.38. The van der Waals surface area contributed by atoms with Crippen molar-refractivity contribution in [1.82, 2.24) is 9.80 Å². The first kappa shape index (κ1) is 21.6. The molecule has 156 valence electrons. The highest BCUT2D eigenvalue weighted by Crippen LogP contribution is 2.27. The van der Waals surface area contributed by atoms with Crippen LogP contribution in [0.3, 0.4) is 0 Å². The summed E-state index contributed by atoms with van der Waals surface area (Å²) in [7, 11) is 0. The van der Waals surface area contributed by atoms with Crippen molar-refractivity contribution in [3.05, 3.63) is 57.8 Å². The third-order valence-electron chi connectivity index (χ3n) is 5.79. The molecule has 0 N–H and O–H groups in total. The standard InChI is InChI=1S/C24H32N2O2S/c1-18(2)26(24(28)21-11-7-8-12-21)17-23(27)25(15-20-9-5-4-6-10-20)16-22-19(3)13-14-29-22/h4-6,9-10,13-14,18,21H,7-8,11-12,15-17H2,1-3H3. The second-order valence-corrected chi connectivity index (χ2v) is 9.30. The van der Waals surface area contributed by atoms with Gasteiger partial charge in [-0.2, -0.15) is 0 Å². The van der Waals surface area contributed by atoms with E-state index in [1.807, 2.05) is 49.1 Å². The number of nitrogens with zero attached hydrogens (tertiary/aromatic N) is 2. The van der Waals surface area contributed by atoms with Crippen molar-refractivity contribution in [3.8, 4) is 0 Å². The molecule has 0 radical (unpaired) electrons. The first-order chi connectivity index (χ1) is 14.0. The summed E-state index contributed by atoms with van der Waals surface area (Å²) in [5.74, 6) is 0.256. The van der Waals surface area contributed by atoms with E-state index < -0.39 is 0 Å². The molecular weight excluding hydrogens is 380 g/mol. The second-order valence-electron chi connectivity index (χ2n) is 8.30. The van der Waals surface area contributed by atoms with E-state index in [1.54, 1.807) is 16.2 Å². The second kappa shape index (κ2) is 10.1. The van der Waals surface area contributed by atoms with Crippen molar-refractivity contribution in [2.24, 2.45) is 5.92 Å². The number of thiophene rings is 1. The molecule has 29 heavy (non-hydrogen) atoms. The third kappa shape index (κ3) is 5.69. The van der Waals surface area contributed by atoms with Crippen molar-refractivity contribution in [2.75, 3.05) is 6.54 Å². The molecule has 1 aliphatic rings. The van der Waals surface area contributed by atoms with Crippen LogP contribution in [0.5, 0.6) is 0 Å². The van der Waals surface area contributed by atoms with Crippen molar-refractivity contribution in [3.63, 3.8) is 0 Å². The maximum Gasteiger partial charge on any atom is 0.242 e. The summed E-state index contributed by atoms with van der Waals surface area (Å²) >= 11 is 1.68. The molecule has 2 amide bonds. The molecule has 0 unspecified atom stereocenters. The van der Waals surface area contributed by atoms with Crippen LogP contribution in [0.2, 0.25) is 0 Å². The van der Waals surface area contributed by atoms with Gasteiger partial charge >= 0.3 is 0 Å². The molecule has 1 aliphatic carbocycles. The van der Waals surface area contributed by atoms with Gasteiger partial charge in [-0.05, 0) is 56.2 Å². The van der Waals surface area contributed by atoms with Gasteiger partial charge in [-0.15, -0.1) is 11.3 Å². The first-order valence-corrected chi connectivity index (χ1v) is 11.5. The Hall–Kier alpha value is -2.14. The minimum Gasteiger partial charge on any atom is -0.332 e. The highest BCUT2D eigenvalue weighted by Gasteiger charge is 2.31. The molecule has 0 atom stereocenters. The zero-order chi connectivity index (χ0) is 20.8. The number of aryl methyl sites for hydroxylation is 1. The van der Waals surface area contributed by atoms with E-state index in [2.05, 4.69) is 18.4 Å². The molecule has 3 rings (SSSR count). The lowest BCUT2D eigenvalue weighted by molar-refractivity contribution is -0.145. The molecule has 1 saturated carbocycles. The summed E-state index contributed by atoms with van der Waals surface area (Å²) in [5.41, 5.74) is 2.32. The molecule has 1 fully saturated rings. The molecule has 0 saturated heterocycles. The molecule has 1 aromatic heterocycles. The van der Waals surface area contributed by atoms with Gasteiger partial charge in [0, 0.05) is 23.4 Å². The van der Waals surface area contributed by atoms with Crippen molar-refractivity contribution in [2.45, 2.75) is 65.6 Å². The zero-order valence-corrected chi connectivity index (χ0v) is 18.6. The van der Waals surface area contributed by atoms with E-state index in [0.29, 0.717) is 13.1 Å². The van der Waals surface area contributed by atoms with Crippen molar-refractivity contribution in [1.29, 1.82) is 0 Å². The largest absolute Gasteiger partial charge is 0.332 e. The Bertz CT molecular complexity index is 809. The van der Waals surface area contributed by atoms with Crippen LogP contribution in [-0.2, 0) is 22.7 Å². The van der Waals surface area contributed by atoms with Crippen molar-refractivity contribution < 1.29 is 9.59 Å². The smallest absolute Gasteiger partial charge is 0.242 e. The van der Waals surface area contributed by atoms with E-state index in [-0.39, 0.29) is 30.3 Å². The minimum atomic E-state index is 0.0155. The van der Waals surface area contributed by atoms with E-state index in [4.69, 9.17) is 0 Å². The van der Waals surface area contributed by atoms with Crippen LogP contribution in [0.1, 0.15) is 55.5 Å². The normalized spacial score (nSPS) is 14.3. The molecular formula is C24H32N2O2S. The number of amides is 2. The summed E-state index contributed by atoms with van der Waals surface area (Å²) in [6.07, 6.45) is 4.15. The Balaban J connectivity index is 1.76. The first-order valence-electron chi connectivity index (χ1n) is 10.6. The Labute approximate surface area is 178 Å². The average molecular weight is 413 g/mol. The lowest BCUT2D eigenvalue weighted by Crippen LogP contribution is -2.47. The van der Waals surface area contributed by atoms with Gasteiger partial charge in [0.2, 0.25) is 11.8 Å². The van der Waals surface area contributed by atoms with Gasteiger partial charge in [0.15, 0.2) is 0 Å². The highest BCUT2D eigenvalue weighted by molar-refractivity contribution is 7.10. The van der Waals surface area contributed by atoms with Gasteiger partial charge in [-0.3, -0.25) is 9.59 Å². The lowest BCUT2D eigenvalue weighted by atomic mass is 10.1. The molecule has 5 heteroatoms. The van der Waals surface area contributed by atoms with Gasteiger partial charge < -0.3 is 9.80 Å². The maximum atomic E-state index is 13.4. The lowest BCUT2D eigenvalue weighted by Gasteiger charge is -2.32. The molecule has 2 aromatic rings. The Morgan fingerprint density at radius 2 is 1.76 bits per heavy atom. The predicted molar refractivity (Wildman–Crippen MR) is 119 cm³/mol. The van der Waals surface area contributed by atoms with Crippen LogP contribution in [-0.4, -0.2) is 34.2 Å². The molecule has 0 bridgehead atoms. The van der Waals surface area contributed by atoms with Crippen LogP contribution in [0.15, 0.2) is 41.8 Å². The number of rotatable bonds is 8. The van der Waals surface area contributed by atoms with E-state index in [0.717, 1.165) is 31.2 Å². The predicted octanol–water partition coefficient (Wildman–Crippen LogP) is 5.01. The Morgan fingerprint density at radius 3 is 2.34 bits per heavy atom. The third-order valence-corrected chi connectivity index (χ3v) is 6.80. The minimum absolute atomic E-state index is 0.0155. The summed E-state index contributed by atoms with van der Waals surface area (Å²) < 4.78 is 0. The summed E-state index contributed by atoms with van der Waals surface area (Å²) in [6, 6.07) is 12.2. The summed E-state index contributed by atoms with van der Waals surface area (Å²) in [6.45, 7) is 7.39. The molecule has 0 spiro atoms. The van der Waals surface area contributed by atoms with Gasteiger partial charge in [0.1, 0.15) is 6.54 Å². The van der Waals surface area contributed by atoms with Crippen LogP contribution in [0.25, 0.3) is 0 Å². The van der Waals surface area contributed by atoms with Crippen LogP contribution >= 0.6 is 11.3 Å². The Kier molecular flexibility index (Phi) is 7.48. The SMILES string of the molecule is Cc1ccsc1CN(Cc1ccccc1)C(=O)CN(C(=O)C1CCCC1)C(C)C. The van der Waals surface area contributed by atoms with Crippen LogP contribution in [0, 0.1) is 12.8 Å². The van der Waals surface area contributed by atoms with Gasteiger partial charge in [0.25, 0.3) is 0 Å². The monoisotopic (exact) mass is 412 g/mol. The van der Waals surface area contributed by atoms with Gasteiger partial charge in [-0.25, -0.2) is 0 Å². The quantitative estimate of drug-likeness (QED) is 0.611. The fourth-order valence-electron chi connectivity index (χ4n) is 3.94. The molecule has 0 aliphatic heterocycles.